The molecule has 2 aromatic carbocycles. The Bertz CT molecular complexity index is 650. The fourth-order valence-electron chi connectivity index (χ4n) is 2.61. The molecule has 2 rings (SSSR count). The lowest BCUT2D eigenvalue weighted by molar-refractivity contribution is -0.137. The van der Waals surface area contributed by atoms with E-state index in [0.29, 0.717) is 6.42 Å². The first-order valence-corrected chi connectivity index (χ1v) is 8.35. The number of allylic oxidation sites excluding steroid dienone is 1. The summed E-state index contributed by atoms with van der Waals surface area (Å²) in [6, 6.07) is 15.9. The molecule has 0 aliphatic rings. The van der Waals surface area contributed by atoms with Crippen LogP contribution in [0.2, 0.25) is 0 Å². The molecule has 25 heavy (non-hydrogen) atoms. The van der Waals surface area contributed by atoms with E-state index in [-0.39, 0.29) is 6.42 Å². The number of hydrogen-bond donors (Lipinski definition) is 1. The van der Waals surface area contributed by atoms with Crippen LogP contribution in [-0.4, -0.2) is 25.3 Å². The Kier molecular flexibility index (Phi) is 7.08. The van der Waals surface area contributed by atoms with E-state index >= 15 is 0 Å². The minimum Gasteiger partial charge on any atom is -0.497 e. The Morgan fingerprint density at radius 2 is 1.36 bits per heavy atom. The third-order valence-electron chi connectivity index (χ3n) is 4.00. The fraction of sp³-hybridized carbons (Fsp3) is 0.286. The fourth-order valence-corrected chi connectivity index (χ4v) is 2.61. The van der Waals surface area contributed by atoms with E-state index in [2.05, 4.69) is 6.08 Å². The average Bonchev–Trinajstić information content (AvgIpc) is 2.65. The van der Waals surface area contributed by atoms with Crippen LogP contribution < -0.4 is 9.47 Å². The van der Waals surface area contributed by atoms with Gasteiger partial charge < -0.3 is 14.6 Å². The van der Waals surface area contributed by atoms with Gasteiger partial charge in [0.25, 0.3) is 0 Å². The van der Waals surface area contributed by atoms with Gasteiger partial charge in [0.1, 0.15) is 11.5 Å². The van der Waals surface area contributed by atoms with E-state index in [1.807, 2.05) is 48.5 Å². The van der Waals surface area contributed by atoms with Gasteiger partial charge in [0.15, 0.2) is 0 Å². The van der Waals surface area contributed by atoms with Gasteiger partial charge in [-0.05, 0) is 60.2 Å². The van der Waals surface area contributed by atoms with Crippen molar-refractivity contribution in [2.45, 2.75) is 25.7 Å². The molecule has 0 saturated carbocycles. The lowest BCUT2D eigenvalue weighted by Crippen LogP contribution is -1.94. The Hall–Kier alpha value is -2.75. The molecule has 0 amide bonds. The van der Waals surface area contributed by atoms with Gasteiger partial charge in [0.2, 0.25) is 0 Å². The van der Waals surface area contributed by atoms with E-state index in [9.17, 15) is 4.79 Å². The van der Waals surface area contributed by atoms with Crippen LogP contribution in [0.15, 0.2) is 54.6 Å². The summed E-state index contributed by atoms with van der Waals surface area (Å²) in [5, 5.41) is 8.74. The summed E-state index contributed by atoms with van der Waals surface area (Å²) < 4.78 is 10.5. The first-order valence-electron chi connectivity index (χ1n) is 8.35. The molecule has 0 spiro atoms. The number of hydrogen-bond acceptors (Lipinski definition) is 3. The first-order chi connectivity index (χ1) is 12.1. The van der Waals surface area contributed by atoms with Crippen molar-refractivity contribution in [2.75, 3.05) is 14.2 Å². The van der Waals surface area contributed by atoms with Gasteiger partial charge in [0, 0.05) is 6.42 Å². The van der Waals surface area contributed by atoms with Crippen molar-refractivity contribution in [1.82, 2.24) is 0 Å². The van der Waals surface area contributed by atoms with Crippen molar-refractivity contribution in [2.24, 2.45) is 0 Å². The molecule has 2 aromatic rings. The maximum Gasteiger partial charge on any atom is 0.303 e. The quantitative estimate of drug-likeness (QED) is 0.667. The number of unbranched alkanes of at least 4 members (excludes halogenated alkanes) is 2. The Morgan fingerprint density at radius 3 is 1.76 bits per heavy atom. The molecule has 4 heteroatoms. The lowest BCUT2D eigenvalue weighted by Gasteiger charge is -2.11. The number of rotatable bonds is 9. The number of ether oxygens (including phenoxy) is 2. The summed E-state index contributed by atoms with van der Waals surface area (Å²) in [4.78, 5) is 10.6. The van der Waals surface area contributed by atoms with Crippen LogP contribution in [0.1, 0.15) is 36.8 Å². The van der Waals surface area contributed by atoms with Gasteiger partial charge in [-0.1, -0.05) is 30.3 Å². The number of carboxylic acid groups (broad SMARTS) is 1. The molecule has 0 aromatic heterocycles. The summed E-state index contributed by atoms with van der Waals surface area (Å²) in [6.07, 6.45) is 4.76. The molecule has 0 atom stereocenters. The van der Waals surface area contributed by atoms with Crippen LogP contribution in [-0.2, 0) is 4.79 Å². The molecular weight excluding hydrogens is 316 g/mol. The molecule has 132 valence electrons. The number of aliphatic carboxylic acids is 1. The van der Waals surface area contributed by atoms with Gasteiger partial charge in [0.05, 0.1) is 14.2 Å². The van der Waals surface area contributed by atoms with E-state index in [1.54, 1.807) is 14.2 Å². The highest BCUT2D eigenvalue weighted by Crippen LogP contribution is 2.27. The molecule has 1 N–H and O–H groups in total. The van der Waals surface area contributed by atoms with Crippen molar-refractivity contribution in [3.8, 4) is 11.5 Å². The van der Waals surface area contributed by atoms with Crippen molar-refractivity contribution in [3.05, 3.63) is 65.7 Å². The third-order valence-corrected chi connectivity index (χ3v) is 4.00. The molecule has 0 aliphatic carbocycles. The predicted octanol–water partition coefficient (Wildman–Crippen LogP) is 4.78. The van der Waals surface area contributed by atoms with Gasteiger partial charge >= 0.3 is 5.97 Å². The zero-order valence-corrected chi connectivity index (χ0v) is 14.7. The van der Waals surface area contributed by atoms with Crippen molar-refractivity contribution in [1.29, 1.82) is 0 Å². The molecule has 4 nitrogen and oxygen atoms in total. The molecule has 0 saturated heterocycles. The smallest absolute Gasteiger partial charge is 0.303 e. The van der Waals surface area contributed by atoms with Crippen LogP contribution in [0.5, 0.6) is 11.5 Å². The van der Waals surface area contributed by atoms with E-state index < -0.39 is 5.97 Å². The van der Waals surface area contributed by atoms with Gasteiger partial charge in [-0.2, -0.15) is 0 Å². The zero-order chi connectivity index (χ0) is 18.1. The summed E-state index contributed by atoms with van der Waals surface area (Å²) in [7, 11) is 3.30. The van der Waals surface area contributed by atoms with Crippen LogP contribution in [0.3, 0.4) is 0 Å². The minimum atomic E-state index is -0.741. The largest absolute Gasteiger partial charge is 0.497 e. The van der Waals surface area contributed by atoms with Crippen LogP contribution >= 0.6 is 0 Å². The number of carboxylic acids is 1. The summed E-state index contributed by atoms with van der Waals surface area (Å²) in [6.45, 7) is 0. The van der Waals surface area contributed by atoms with Crippen LogP contribution in [0, 0.1) is 0 Å². The standard InChI is InChI=1S/C21H24O4/c1-24-18-12-8-16(9-13-18)20(6-4-3-5-7-21(22)23)17-10-14-19(25-2)15-11-17/h6,8-15H,3-5,7H2,1-2H3,(H,22,23). The van der Waals surface area contributed by atoms with Crippen molar-refractivity contribution in [3.63, 3.8) is 0 Å². The normalized spacial score (nSPS) is 10.2. The second-order valence-corrected chi connectivity index (χ2v) is 5.71. The van der Waals surface area contributed by atoms with Gasteiger partial charge in [-0.3, -0.25) is 4.79 Å². The molecule has 0 aliphatic heterocycles. The summed E-state index contributed by atoms with van der Waals surface area (Å²) in [5.74, 6) is 0.896. The van der Waals surface area contributed by atoms with E-state index in [1.165, 1.54) is 0 Å². The third kappa shape index (κ3) is 5.68. The highest BCUT2D eigenvalue weighted by Gasteiger charge is 2.06. The Labute approximate surface area is 148 Å². The Morgan fingerprint density at radius 1 is 0.880 bits per heavy atom. The highest BCUT2D eigenvalue weighted by molar-refractivity contribution is 5.80. The zero-order valence-electron chi connectivity index (χ0n) is 14.7. The molecule has 0 bridgehead atoms. The molecule has 0 unspecified atom stereocenters. The van der Waals surface area contributed by atoms with Gasteiger partial charge in [-0.25, -0.2) is 0 Å². The van der Waals surface area contributed by atoms with Crippen LogP contribution in [0.25, 0.3) is 5.57 Å². The first kappa shape index (κ1) is 18.6. The minimum absolute atomic E-state index is 0.217. The number of methoxy groups -OCH3 is 2. The highest BCUT2D eigenvalue weighted by atomic mass is 16.5. The topological polar surface area (TPSA) is 55.8 Å². The molecule has 0 radical (unpaired) electrons. The molecule has 0 heterocycles. The second-order valence-electron chi connectivity index (χ2n) is 5.71. The summed E-state index contributed by atoms with van der Waals surface area (Å²) >= 11 is 0. The second kappa shape index (κ2) is 9.52. The Balaban J connectivity index is 2.21. The van der Waals surface area contributed by atoms with Gasteiger partial charge in [-0.15, -0.1) is 0 Å². The monoisotopic (exact) mass is 340 g/mol. The van der Waals surface area contributed by atoms with Crippen molar-refractivity contribution >= 4 is 11.5 Å². The predicted molar refractivity (Wildman–Crippen MR) is 99.2 cm³/mol. The molecule has 0 fully saturated rings. The summed E-state index contributed by atoms with van der Waals surface area (Å²) in [5.41, 5.74) is 3.33. The maximum absolute atomic E-state index is 10.6. The maximum atomic E-state index is 10.6. The lowest BCUT2D eigenvalue weighted by atomic mass is 9.96. The average molecular weight is 340 g/mol. The van der Waals surface area contributed by atoms with E-state index in [0.717, 1.165) is 41.0 Å². The number of carbonyl (C=O) groups is 1. The van der Waals surface area contributed by atoms with Crippen molar-refractivity contribution < 1.29 is 19.4 Å². The van der Waals surface area contributed by atoms with E-state index in [4.69, 9.17) is 14.6 Å². The SMILES string of the molecule is COc1ccc(C(=CCCCCC(=O)O)c2ccc(OC)cc2)cc1. The van der Waals surface area contributed by atoms with Crippen LogP contribution in [0.4, 0.5) is 0 Å². The molecular formula is C21H24O4. The number of benzene rings is 2.